The Balaban J connectivity index is 1.58. The summed E-state index contributed by atoms with van der Waals surface area (Å²) in [4.78, 5) is 27.5. The molecule has 3 rings (SSSR count). The Labute approximate surface area is 123 Å². The Morgan fingerprint density at radius 2 is 1.86 bits per heavy atom. The van der Waals surface area contributed by atoms with Crippen LogP contribution in [0, 0.1) is 23.7 Å². The van der Waals surface area contributed by atoms with Crippen LogP contribution in [0.5, 0.6) is 0 Å². The highest BCUT2D eigenvalue weighted by Crippen LogP contribution is 2.47. The minimum absolute atomic E-state index is 0.0406. The Morgan fingerprint density at radius 1 is 1.19 bits per heavy atom. The SMILES string of the molecule is O=C([O-])[C@@H]1[C@H](C(=O)NCCc2ccncc2)[C@H]2C=C[C@@H]1C2. The molecule has 1 aromatic rings. The zero-order valence-corrected chi connectivity index (χ0v) is 11.6. The zero-order valence-electron chi connectivity index (χ0n) is 11.6. The molecular weight excluding hydrogens is 268 g/mol. The van der Waals surface area contributed by atoms with Crippen LogP contribution in [0.4, 0.5) is 0 Å². The summed E-state index contributed by atoms with van der Waals surface area (Å²) >= 11 is 0. The van der Waals surface area contributed by atoms with Gasteiger partial charge in [0.25, 0.3) is 0 Å². The van der Waals surface area contributed by atoms with Crippen LogP contribution < -0.4 is 10.4 Å². The van der Waals surface area contributed by atoms with Gasteiger partial charge in [-0.05, 0) is 42.4 Å². The number of hydrogen-bond donors (Lipinski definition) is 1. The van der Waals surface area contributed by atoms with Gasteiger partial charge >= 0.3 is 0 Å². The number of carbonyl (C=O) groups is 2. The van der Waals surface area contributed by atoms with Crippen molar-refractivity contribution >= 4 is 11.9 Å². The number of carbonyl (C=O) groups excluding carboxylic acids is 2. The molecule has 0 saturated heterocycles. The van der Waals surface area contributed by atoms with Crippen molar-refractivity contribution in [1.82, 2.24) is 10.3 Å². The number of aromatic nitrogens is 1. The standard InChI is InChI=1S/C16H18N2O3/c19-15(18-8-5-10-3-6-17-7-4-10)13-11-1-2-12(9-11)14(13)16(20)21/h1-4,6-7,11-14H,5,8-9H2,(H,18,19)(H,20,21)/p-1/t11-,12+,13+,14-/m0/s1. The van der Waals surface area contributed by atoms with Gasteiger partial charge in [-0.15, -0.1) is 0 Å². The number of allylic oxidation sites excluding steroid dienone is 2. The first kappa shape index (κ1) is 13.8. The average Bonchev–Trinajstić information content (AvgIpc) is 3.08. The molecule has 0 radical (unpaired) electrons. The first-order valence-corrected chi connectivity index (χ1v) is 7.22. The fourth-order valence-corrected chi connectivity index (χ4v) is 3.50. The fraction of sp³-hybridized carbons (Fsp3) is 0.438. The lowest BCUT2D eigenvalue weighted by atomic mass is 9.82. The predicted molar refractivity (Wildman–Crippen MR) is 73.7 cm³/mol. The van der Waals surface area contributed by atoms with E-state index in [2.05, 4.69) is 10.3 Å². The van der Waals surface area contributed by atoms with Crippen molar-refractivity contribution in [2.24, 2.45) is 23.7 Å². The van der Waals surface area contributed by atoms with Gasteiger partial charge in [0.05, 0.1) is 5.92 Å². The van der Waals surface area contributed by atoms with Gasteiger partial charge in [-0.2, -0.15) is 0 Å². The van der Waals surface area contributed by atoms with Crippen LogP contribution in [0.15, 0.2) is 36.7 Å². The highest BCUT2D eigenvalue weighted by molar-refractivity contribution is 5.86. The molecule has 21 heavy (non-hydrogen) atoms. The lowest BCUT2D eigenvalue weighted by Crippen LogP contribution is -2.45. The molecule has 0 aliphatic heterocycles. The van der Waals surface area contributed by atoms with Gasteiger partial charge < -0.3 is 15.2 Å². The van der Waals surface area contributed by atoms with Gasteiger partial charge in [-0.25, -0.2) is 0 Å². The van der Waals surface area contributed by atoms with Gasteiger partial charge in [0.1, 0.15) is 0 Å². The molecular formula is C16H17N2O3-. The first-order chi connectivity index (χ1) is 10.2. The minimum atomic E-state index is -1.11. The molecule has 1 aromatic heterocycles. The average molecular weight is 285 g/mol. The van der Waals surface area contributed by atoms with E-state index in [4.69, 9.17) is 0 Å². The molecule has 5 nitrogen and oxygen atoms in total. The summed E-state index contributed by atoms with van der Waals surface area (Å²) in [6, 6.07) is 3.80. The molecule has 4 atom stereocenters. The summed E-state index contributed by atoms with van der Waals surface area (Å²) in [5.41, 5.74) is 1.09. The zero-order chi connectivity index (χ0) is 14.8. The Bertz CT molecular complexity index is 570. The quantitative estimate of drug-likeness (QED) is 0.768. The van der Waals surface area contributed by atoms with E-state index in [0.29, 0.717) is 13.0 Å². The van der Waals surface area contributed by atoms with Gasteiger partial charge in [-0.1, -0.05) is 12.2 Å². The molecule has 1 N–H and O–H groups in total. The number of pyridine rings is 1. The highest BCUT2D eigenvalue weighted by atomic mass is 16.4. The number of nitrogens with one attached hydrogen (secondary N) is 1. The highest BCUT2D eigenvalue weighted by Gasteiger charge is 2.48. The molecule has 1 fully saturated rings. The second kappa shape index (κ2) is 5.68. The van der Waals surface area contributed by atoms with Crippen LogP contribution in [0.3, 0.4) is 0 Å². The Hall–Kier alpha value is -2.17. The van der Waals surface area contributed by atoms with Crippen molar-refractivity contribution in [1.29, 1.82) is 0 Å². The molecule has 0 aromatic carbocycles. The van der Waals surface area contributed by atoms with E-state index in [0.717, 1.165) is 12.0 Å². The number of nitrogens with zero attached hydrogens (tertiary/aromatic N) is 1. The fourth-order valence-electron chi connectivity index (χ4n) is 3.50. The molecule has 2 aliphatic carbocycles. The minimum Gasteiger partial charge on any atom is -0.550 e. The summed E-state index contributed by atoms with van der Waals surface area (Å²) in [7, 11) is 0. The molecule has 2 bridgehead atoms. The summed E-state index contributed by atoms with van der Waals surface area (Å²) < 4.78 is 0. The van der Waals surface area contributed by atoms with Crippen LogP contribution >= 0.6 is 0 Å². The summed E-state index contributed by atoms with van der Waals surface area (Å²) in [5, 5.41) is 14.1. The summed E-state index contributed by atoms with van der Waals surface area (Å²) in [6.07, 6.45) is 8.76. The van der Waals surface area contributed by atoms with Gasteiger partial charge in [0, 0.05) is 30.8 Å². The number of hydrogen-bond acceptors (Lipinski definition) is 4. The van der Waals surface area contributed by atoms with Crippen LogP contribution in [-0.2, 0) is 16.0 Å². The number of carboxylic acids is 1. The number of amides is 1. The van der Waals surface area contributed by atoms with Crippen molar-refractivity contribution in [3.05, 3.63) is 42.2 Å². The van der Waals surface area contributed by atoms with E-state index in [1.54, 1.807) is 12.4 Å². The number of fused-ring (bicyclic) bond motifs is 2. The molecule has 0 spiro atoms. The number of aliphatic carboxylic acids is 1. The van der Waals surface area contributed by atoms with Crippen molar-refractivity contribution in [3.63, 3.8) is 0 Å². The lowest BCUT2D eigenvalue weighted by Gasteiger charge is -2.27. The third kappa shape index (κ3) is 2.68. The maximum atomic E-state index is 12.3. The van der Waals surface area contributed by atoms with Crippen LogP contribution in [0.2, 0.25) is 0 Å². The lowest BCUT2D eigenvalue weighted by molar-refractivity contribution is -0.313. The van der Waals surface area contributed by atoms with E-state index in [-0.39, 0.29) is 17.7 Å². The smallest absolute Gasteiger partial charge is 0.224 e. The van der Waals surface area contributed by atoms with E-state index >= 15 is 0 Å². The van der Waals surface area contributed by atoms with Crippen molar-refractivity contribution in [2.75, 3.05) is 6.54 Å². The summed E-state index contributed by atoms with van der Waals surface area (Å²) in [5.74, 6) is -2.45. The van der Waals surface area contributed by atoms with Crippen LogP contribution in [0.25, 0.3) is 0 Å². The van der Waals surface area contributed by atoms with Gasteiger partial charge in [0.15, 0.2) is 0 Å². The van der Waals surface area contributed by atoms with E-state index in [1.165, 1.54) is 0 Å². The van der Waals surface area contributed by atoms with E-state index in [9.17, 15) is 14.7 Å². The molecule has 5 heteroatoms. The number of carboxylic acid groups (broad SMARTS) is 1. The summed E-state index contributed by atoms with van der Waals surface area (Å²) in [6.45, 7) is 0.500. The molecule has 1 saturated carbocycles. The second-order valence-corrected chi connectivity index (χ2v) is 5.72. The van der Waals surface area contributed by atoms with Crippen molar-refractivity contribution in [3.8, 4) is 0 Å². The monoisotopic (exact) mass is 285 g/mol. The predicted octanol–water partition coefficient (Wildman–Crippen LogP) is -0.0715. The Morgan fingerprint density at radius 3 is 2.52 bits per heavy atom. The van der Waals surface area contributed by atoms with E-state index < -0.39 is 17.8 Å². The van der Waals surface area contributed by atoms with Crippen molar-refractivity contribution in [2.45, 2.75) is 12.8 Å². The largest absolute Gasteiger partial charge is 0.550 e. The molecule has 2 aliphatic rings. The van der Waals surface area contributed by atoms with Gasteiger partial charge in [-0.3, -0.25) is 9.78 Å². The third-order valence-corrected chi connectivity index (χ3v) is 4.50. The normalized spacial score (nSPS) is 29.5. The first-order valence-electron chi connectivity index (χ1n) is 7.22. The Kier molecular flexibility index (Phi) is 3.73. The van der Waals surface area contributed by atoms with Gasteiger partial charge in [0.2, 0.25) is 5.91 Å². The topological polar surface area (TPSA) is 82.1 Å². The maximum absolute atomic E-state index is 12.3. The van der Waals surface area contributed by atoms with Crippen LogP contribution in [0.1, 0.15) is 12.0 Å². The van der Waals surface area contributed by atoms with Crippen molar-refractivity contribution < 1.29 is 14.7 Å². The maximum Gasteiger partial charge on any atom is 0.224 e. The second-order valence-electron chi connectivity index (χ2n) is 5.72. The molecule has 0 unspecified atom stereocenters. The number of rotatable bonds is 5. The third-order valence-electron chi connectivity index (χ3n) is 4.50. The molecule has 110 valence electrons. The van der Waals surface area contributed by atoms with Crippen LogP contribution in [-0.4, -0.2) is 23.4 Å². The molecule has 1 heterocycles. The molecule has 1 amide bonds. The van der Waals surface area contributed by atoms with E-state index in [1.807, 2.05) is 24.3 Å².